The lowest BCUT2D eigenvalue weighted by Crippen LogP contribution is -2.29. The highest BCUT2D eigenvalue weighted by molar-refractivity contribution is 9.10. The van der Waals surface area contributed by atoms with Gasteiger partial charge in [-0.15, -0.1) is 0 Å². The minimum absolute atomic E-state index is 0.304. The van der Waals surface area contributed by atoms with Crippen LogP contribution in [0.4, 0.5) is 4.39 Å². The maximum Gasteiger partial charge on any atom is 0.228 e. The fourth-order valence-corrected chi connectivity index (χ4v) is 2.66. The van der Waals surface area contributed by atoms with Gasteiger partial charge in [0.1, 0.15) is 5.82 Å². The third-order valence-corrected chi connectivity index (χ3v) is 4.21. The number of nitrogens with zero attached hydrogens (tertiary/aromatic N) is 2. The molecule has 1 saturated carbocycles. The average molecular weight is 340 g/mol. The quantitative estimate of drug-likeness (QED) is 0.908. The Morgan fingerprint density at radius 2 is 2.30 bits per heavy atom. The number of rotatable bonds is 5. The van der Waals surface area contributed by atoms with E-state index in [1.165, 1.54) is 18.9 Å². The Morgan fingerprint density at radius 3 is 2.95 bits per heavy atom. The molecule has 1 N–H and O–H groups in total. The number of likely N-dealkylation sites (N-methyl/N-ethyl adjacent to an activating group) is 1. The van der Waals surface area contributed by atoms with Crippen molar-refractivity contribution < 1.29 is 8.91 Å². The lowest BCUT2D eigenvalue weighted by molar-refractivity contribution is 0.352. The van der Waals surface area contributed by atoms with Crippen LogP contribution in [0.15, 0.2) is 27.2 Å². The Bertz CT molecular complexity index is 612. The van der Waals surface area contributed by atoms with Crippen LogP contribution < -0.4 is 5.32 Å². The standard InChI is InChI=1S/C14H15BrFN3O/c1-17-12(8-2-3-8)7-13-18-14(19-20-13)9-4-5-11(16)10(15)6-9/h4-6,8,12,17H,2-3,7H2,1H3. The van der Waals surface area contributed by atoms with Crippen LogP contribution in [-0.4, -0.2) is 23.2 Å². The van der Waals surface area contributed by atoms with E-state index in [0.717, 1.165) is 17.9 Å². The molecule has 0 amide bonds. The third kappa shape index (κ3) is 2.91. The third-order valence-electron chi connectivity index (χ3n) is 3.60. The maximum atomic E-state index is 13.2. The summed E-state index contributed by atoms with van der Waals surface area (Å²) in [5, 5.41) is 7.26. The molecule has 6 heteroatoms. The zero-order valence-electron chi connectivity index (χ0n) is 11.1. The number of halogens is 2. The highest BCUT2D eigenvalue weighted by atomic mass is 79.9. The van der Waals surface area contributed by atoms with Crippen molar-refractivity contribution in [1.29, 1.82) is 0 Å². The molecule has 0 radical (unpaired) electrons. The van der Waals surface area contributed by atoms with Gasteiger partial charge in [-0.25, -0.2) is 4.39 Å². The monoisotopic (exact) mass is 339 g/mol. The molecule has 1 heterocycles. The summed E-state index contributed by atoms with van der Waals surface area (Å²) < 4.78 is 18.9. The largest absolute Gasteiger partial charge is 0.339 e. The van der Waals surface area contributed by atoms with Crippen molar-refractivity contribution in [3.05, 3.63) is 34.4 Å². The second-order valence-electron chi connectivity index (χ2n) is 5.08. The van der Waals surface area contributed by atoms with Crippen LogP contribution in [0.2, 0.25) is 0 Å². The number of benzene rings is 1. The number of hydrogen-bond acceptors (Lipinski definition) is 4. The van der Waals surface area contributed by atoms with E-state index in [1.807, 2.05) is 7.05 Å². The minimum atomic E-state index is -0.304. The Labute approximate surface area is 124 Å². The van der Waals surface area contributed by atoms with Gasteiger partial charge in [-0.1, -0.05) is 5.16 Å². The predicted octanol–water partition coefficient (Wildman–Crippen LogP) is 3.18. The molecule has 0 saturated heterocycles. The van der Waals surface area contributed by atoms with Crippen molar-refractivity contribution in [3.63, 3.8) is 0 Å². The first-order chi connectivity index (χ1) is 9.67. The first-order valence-corrected chi connectivity index (χ1v) is 7.42. The Balaban J connectivity index is 1.77. The topological polar surface area (TPSA) is 51.0 Å². The fourth-order valence-electron chi connectivity index (χ4n) is 2.28. The van der Waals surface area contributed by atoms with Crippen LogP contribution in [0.1, 0.15) is 18.7 Å². The number of hydrogen-bond donors (Lipinski definition) is 1. The van der Waals surface area contributed by atoms with Gasteiger partial charge < -0.3 is 9.84 Å². The molecule has 1 aliphatic rings. The molecule has 0 spiro atoms. The fraction of sp³-hybridized carbons (Fsp3) is 0.429. The molecule has 3 rings (SSSR count). The molecule has 1 aliphatic carbocycles. The van der Waals surface area contributed by atoms with Crippen molar-refractivity contribution in [2.75, 3.05) is 7.05 Å². The molecule has 0 aliphatic heterocycles. The van der Waals surface area contributed by atoms with Crippen molar-refractivity contribution >= 4 is 15.9 Å². The average Bonchev–Trinajstić information content (AvgIpc) is 3.18. The molecule has 20 heavy (non-hydrogen) atoms. The van der Waals surface area contributed by atoms with Crippen molar-refractivity contribution in [2.24, 2.45) is 5.92 Å². The second kappa shape index (κ2) is 5.61. The van der Waals surface area contributed by atoms with Crippen LogP contribution in [0.25, 0.3) is 11.4 Å². The molecule has 1 unspecified atom stereocenters. The Hall–Kier alpha value is -1.27. The summed E-state index contributed by atoms with van der Waals surface area (Å²) in [4.78, 5) is 4.39. The second-order valence-corrected chi connectivity index (χ2v) is 5.93. The maximum absolute atomic E-state index is 13.2. The summed E-state index contributed by atoms with van der Waals surface area (Å²) >= 11 is 3.16. The summed E-state index contributed by atoms with van der Waals surface area (Å²) in [5.74, 6) is 1.52. The van der Waals surface area contributed by atoms with Crippen molar-refractivity contribution in [1.82, 2.24) is 15.5 Å². The van der Waals surface area contributed by atoms with Gasteiger partial charge in [0.25, 0.3) is 0 Å². The van der Waals surface area contributed by atoms with Crippen molar-refractivity contribution in [3.8, 4) is 11.4 Å². The van der Waals surface area contributed by atoms with Gasteiger partial charge in [-0.05, 0) is 59.9 Å². The van der Waals surface area contributed by atoms with E-state index in [-0.39, 0.29) is 5.82 Å². The zero-order chi connectivity index (χ0) is 14.1. The molecule has 4 nitrogen and oxygen atoms in total. The van der Waals surface area contributed by atoms with Gasteiger partial charge in [0, 0.05) is 18.0 Å². The van der Waals surface area contributed by atoms with E-state index in [4.69, 9.17) is 4.52 Å². The Morgan fingerprint density at radius 1 is 1.50 bits per heavy atom. The predicted molar refractivity (Wildman–Crippen MR) is 76.7 cm³/mol. The van der Waals surface area contributed by atoms with Gasteiger partial charge in [0.05, 0.1) is 4.47 Å². The van der Waals surface area contributed by atoms with Gasteiger partial charge in [-0.2, -0.15) is 4.98 Å². The normalized spacial score (nSPS) is 16.4. The van der Waals surface area contributed by atoms with E-state index in [2.05, 4.69) is 31.4 Å². The molecule has 0 bridgehead atoms. The van der Waals surface area contributed by atoms with Crippen LogP contribution in [0.3, 0.4) is 0 Å². The first kappa shape index (κ1) is 13.7. The molecule has 1 fully saturated rings. The molecular weight excluding hydrogens is 325 g/mol. The summed E-state index contributed by atoms with van der Waals surface area (Å²) in [6.07, 6.45) is 3.26. The summed E-state index contributed by atoms with van der Waals surface area (Å²) in [6, 6.07) is 5.07. The first-order valence-electron chi connectivity index (χ1n) is 6.62. The van der Waals surface area contributed by atoms with E-state index in [0.29, 0.717) is 22.2 Å². The zero-order valence-corrected chi connectivity index (χ0v) is 12.7. The van der Waals surface area contributed by atoms with E-state index in [9.17, 15) is 4.39 Å². The van der Waals surface area contributed by atoms with E-state index in [1.54, 1.807) is 12.1 Å². The smallest absolute Gasteiger partial charge is 0.228 e. The van der Waals surface area contributed by atoms with Crippen LogP contribution in [0, 0.1) is 11.7 Å². The van der Waals surface area contributed by atoms with Crippen LogP contribution in [0.5, 0.6) is 0 Å². The summed E-state index contributed by atoms with van der Waals surface area (Å²) in [5.41, 5.74) is 0.737. The molecule has 1 aromatic carbocycles. The van der Waals surface area contributed by atoms with E-state index < -0.39 is 0 Å². The van der Waals surface area contributed by atoms with Crippen LogP contribution in [-0.2, 0) is 6.42 Å². The van der Waals surface area contributed by atoms with Crippen molar-refractivity contribution in [2.45, 2.75) is 25.3 Å². The summed E-state index contributed by atoms with van der Waals surface area (Å²) in [7, 11) is 1.96. The van der Waals surface area contributed by atoms with Gasteiger partial charge in [0.2, 0.25) is 11.7 Å². The molecule has 2 aromatic rings. The minimum Gasteiger partial charge on any atom is -0.339 e. The van der Waals surface area contributed by atoms with Gasteiger partial charge in [-0.3, -0.25) is 0 Å². The number of nitrogens with one attached hydrogen (secondary N) is 1. The highest BCUT2D eigenvalue weighted by Gasteiger charge is 2.31. The lowest BCUT2D eigenvalue weighted by Gasteiger charge is -2.11. The molecule has 1 atom stereocenters. The number of aromatic nitrogens is 2. The van der Waals surface area contributed by atoms with Gasteiger partial charge in [0.15, 0.2) is 0 Å². The molecule has 1 aromatic heterocycles. The Kier molecular flexibility index (Phi) is 3.85. The van der Waals surface area contributed by atoms with Crippen LogP contribution >= 0.6 is 15.9 Å². The van der Waals surface area contributed by atoms with Gasteiger partial charge >= 0.3 is 0 Å². The summed E-state index contributed by atoms with van der Waals surface area (Å²) in [6.45, 7) is 0. The lowest BCUT2D eigenvalue weighted by atomic mass is 10.1. The SMILES string of the molecule is CNC(Cc1nc(-c2ccc(F)c(Br)c2)no1)C1CC1. The highest BCUT2D eigenvalue weighted by Crippen LogP contribution is 2.34. The van der Waals surface area contributed by atoms with E-state index >= 15 is 0 Å². The molecule has 106 valence electrons. The molecular formula is C14H15BrFN3O.